The first kappa shape index (κ1) is 15.9. The molecule has 2 heterocycles. The van der Waals surface area contributed by atoms with Gasteiger partial charge in [-0.3, -0.25) is 0 Å². The minimum atomic E-state index is -3.43. The van der Waals surface area contributed by atoms with Crippen LogP contribution in [-0.4, -0.2) is 40.8 Å². The quantitative estimate of drug-likeness (QED) is 0.832. The molecule has 1 aromatic rings. The van der Waals surface area contributed by atoms with Crippen LogP contribution in [0.3, 0.4) is 0 Å². The van der Waals surface area contributed by atoms with E-state index in [-0.39, 0.29) is 5.54 Å². The van der Waals surface area contributed by atoms with Crippen molar-refractivity contribution in [1.82, 2.24) is 10.0 Å². The first-order chi connectivity index (χ1) is 9.38. The number of hydrogen-bond donors (Lipinski definition) is 2. The van der Waals surface area contributed by atoms with E-state index in [1.54, 1.807) is 13.2 Å². The molecule has 5 nitrogen and oxygen atoms in total. The van der Waals surface area contributed by atoms with Gasteiger partial charge in [-0.1, -0.05) is 0 Å². The number of methoxy groups -OCH3 is 1. The minimum absolute atomic E-state index is 0.275. The van der Waals surface area contributed by atoms with E-state index >= 15 is 0 Å². The zero-order chi connectivity index (χ0) is 14.8. The van der Waals surface area contributed by atoms with Crippen LogP contribution in [0.5, 0.6) is 0 Å². The molecule has 0 aromatic carbocycles. The lowest BCUT2D eigenvalue weighted by molar-refractivity contribution is 0.122. The van der Waals surface area contributed by atoms with Crippen molar-refractivity contribution < 1.29 is 13.2 Å². The molecule has 0 aliphatic carbocycles. The van der Waals surface area contributed by atoms with Crippen molar-refractivity contribution in [3.8, 4) is 0 Å². The maximum Gasteiger partial charge on any atom is 0.250 e. The van der Waals surface area contributed by atoms with Crippen LogP contribution in [0.25, 0.3) is 0 Å². The van der Waals surface area contributed by atoms with Crippen LogP contribution in [0.15, 0.2) is 10.3 Å². The van der Waals surface area contributed by atoms with Gasteiger partial charge in [-0.05, 0) is 44.9 Å². The lowest BCUT2D eigenvalue weighted by atomic mass is 9.99. The molecular weight excluding hydrogens is 296 g/mol. The third kappa shape index (κ3) is 3.40. The Hall–Kier alpha value is -0.470. The van der Waals surface area contributed by atoms with E-state index < -0.39 is 10.0 Å². The highest BCUT2D eigenvalue weighted by Crippen LogP contribution is 2.26. The van der Waals surface area contributed by atoms with Crippen LogP contribution < -0.4 is 10.0 Å². The van der Waals surface area contributed by atoms with Gasteiger partial charge >= 0.3 is 0 Å². The van der Waals surface area contributed by atoms with Crippen molar-refractivity contribution in [2.45, 2.75) is 36.4 Å². The Bertz CT molecular complexity index is 541. The van der Waals surface area contributed by atoms with Gasteiger partial charge in [0.2, 0.25) is 10.0 Å². The lowest BCUT2D eigenvalue weighted by Gasteiger charge is -2.28. The highest BCUT2D eigenvalue weighted by Gasteiger charge is 2.35. The molecule has 2 N–H and O–H groups in total. The number of nitrogens with one attached hydrogen (secondary N) is 2. The molecule has 0 spiro atoms. The van der Waals surface area contributed by atoms with Gasteiger partial charge in [0.1, 0.15) is 4.21 Å². The zero-order valence-corrected chi connectivity index (χ0v) is 13.8. The Balaban J connectivity index is 2.08. The fourth-order valence-electron chi connectivity index (χ4n) is 2.45. The summed E-state index contributed by atoms with van der Waals surface area (Å²) in [5, 5.41) is 3.36. The molecule has 1 fully saturated rings. The molecule has 0 bridgehead atoms. The van der Waals surface area contributed by atoms with Crippen molar-refractivity contribution in [1.29, 1.82) is 0 Å². The maximum atomic E-state index is 12.3. The summed E-state index contributed by atoms with van der Waals surface area (Å²) >= 11 is 1.31. The van der Waals surface area contributed by atoms with E-state index in [0.717, 1.165) is 29.8 Å². The Morgan fingerprint density at radius 3 is 2.75 bits per heavy atom. The SMILES string of the molecule is COCC1(CNS(=O)(=O)c2cc(C)c(C)s2)CCCN1. The number of hydrogen-bond acceptors (Lipinski definition) is 5. The van der Waals surface area contributed by atoms with E-state index in [1.807, 2.05) is 13.8 Å². The second kappa shape index (κ2) is 6.11. The van der Waals surface area contributed by atoms with Crippen LogP contribution >= 0.6 is 11.3 Å². The van der Waals surface area contributed by atoms with Gasteiger partial charge in [-0.15, -0.1) is 11.3 Å². The molecule has 1 aromatic heterocycles. The lowest BCUT2D eigenvalue weighted by Crippen LogP contribution is -2.52. The number of rotatable bonds is 6. The molecule has 7 heteroatoms. The second-order valence-electron chi connectivity index (χ2n) is 5.37. The second-order valence-corrected chi connectivity index (χ2v) is 8.62. The van der Waals surface area contributed by atoms with Crippen molar-refractivity contribution >= 4 is 21.4 Å². The molecule has 114 valence electrons. The van der Waals surface area contributed by atoms with E-state index in [0.29, 0.717) is 17.4 Å². The summed E-state index contributed by atoms with van der Waals surface area (Å²) in [5.41, 5.74) is 0.740. The topological polar surface area (TPSA) is 67.4 Å². The summed E-state index contributed by atoms with van der Waals surface area (Å²) in [4.78, 5) is 1.04. The fourth-order valence-corrected chi connectivity index (χ4v) is 5.13. The summed E-state index contributed by atoms with van der Waals surface area (Å²) < 4.78 is 33.0. The van der Waals surface area contributed by atoms with Crippen LogP contribution in [0, 0.1) is 13.8 Å². The maximum absolute atomic E-state index is 12.3. The number of aryl methyl sites for hydroxylation is 2. The highest BCUT2D eigenvalue weighted by atomic mass is 32.2. The van der Waals surface area contributed by atoms with Gasteiger partial charge < -0.3 is 10.1 Å². The number of thiophene rings is 1. The number of sulfonamides is 1. The smallest absolute Gasteiger partial charge is 0.250 e. The van der Waals surface area contributed by atoms with Crippen molar-refractivity contribution in [3.63, 3.8) is 0 Å². The molecule has 0 radical (unpaired) electrons. The van der Waals surface area contributed by atoms with Gasteiger partial charge in [0, 0.05) is 18.5 Å². The Kier molecular flexibility index (Phi) is 4.86. The molecule has 1 aliphatic rings. The van der Waals surface area contributed by atoms with Gasteiger partial charge in [0.05, 0.1) is 12.1 Å². The first-order valence-corrected chi connectivity index (χ1v) is 8.99. The van der Waals surface area contributed by atoms with Crippen molar-refractivity contribution in [2.24, 2.45) is 0 Å². The highest BCUT2D eigenvalue weighted by molar-refractivity contribution is 7.91. The summed E-state index contributed by atoms with van der Waals surface area (Å²) in [6.45, 7) is 5.64. The van der Waals surface area contributed by atoms with E-state index in [2.05, 4.69) is 10.0 Å². The van der Waals surface area contributed by atoms with Gasteiger partial charge in [-0.25, -0.2) is 13.1 Å². The summed E-state index contributed by atoms with van der Waals surface area (Å²) in [5.74, 6) is 0. The molecular formula is C13H22N2O3S2. The van der Waals surface area contributed by atoms with Crippen molar-refractivity contribution in [3.05, 3.63) is 16.5 Å². The molecule has 1 unspecified atom stereocenters. The molecule has 20 heavy (non-hydrogen) atoms. The van der Waals surface area contributed by atoms with Gasteiger partial charge in [0.15, 0.2) is 0 Å². The molecule has 1 atom stereocenters. The standard InChI is InChI=1S/C13H22N2O3S2/c1-10-7-12(19-11(10)2)20(16,17)15-8-13(9-18-3)5-4-6-14-13/h7,14-15H,4-6,8-9H2,1-3H3. The summed E-state index contributed by atoms with van der Waals surface area (Å²) in [7, 11) is -1.79. The third-order valence-corrected chi connectivity index (χ3v) is 6.79. The minimum Gasteiger partial charge on any atom is -0.383 e. The molecule has 2 rings (SSSR count). The number of ether oxygens (including phenoxy) is 1. The summed E-state index contributed by atoms with van der Waals surface area (Å²) in [6.07, 6.45) is 1.97. The normalized spacial score (nSPS) is 23.4. The van der Waals surface area contributed by atoms with Crippen molar-refractivity contribution in [2.75, 3.05) is 26.8 Å². The first-order valence-electron chi connectivity index (χ1n) is 6.69. The van der Waals surface area contributed by atoms with Crippen LogP contribution in [0.2, 0.25) is 0 Å². The van der Waals surface area contributed by atoms with Crippen LogP contribution in [-0.2, 0) is 14.8 Å². The van der Waals surface area contributed by atoms with Crippen LogP contribution in [0.1, 0.15) is 23.3 Å². The summed E-state index contributed by atoms with van der Waals surface area (Å²) in [6, 6.07) is 1.73. The van der Waals surface area contributed by atoms with E-state index in [9.17, 15) is 8.42 Å². The Morgan fingerprint density at radius 2 is 2.25 bits per heavy atom. The monoisotopic (exact) mass is 318 g/mol. The molecule has 0 saturated carbocycles. The van der Waals surface area contributed by atoms with E-state index in [4.69, 9.17) is 4.74 Å². The van der Waals surface area contributed by atoms with Crippen LogP contribution in [0.4, 0.5) is 0 Å². The predicted octanol–water partition coefficient (Wildman–Crippen LogP) is 1.41. The largest absolute Gasteiger partial charge is 0.383 e. The van der Waals surface area contributed by atoms with E-state index in [1.165, 1.54) is 11.3 Å². The average Bonchev–Trinajstić information content (AvgIpc) is 2.97. The average molecular weight is 318 g/mol. The van der Waals surface area contributed by atoms with Gasteiger partial charge in [0.25, 0.3) is 0 Å². The Morgan fingerprint density at radius 1 is 1.50 bits per heavy atom. The predicted molar refractivity (Wildman–Crippen MR) is 80.8 cm³/mol. The molecule has 1 saturated heterocycles. The van der Waals surface area contributed by atoms with Gasteiger partial charge in [-0.2, -0.15) is 0 Å². The third-order valence-electron chi connectivity index (χ3n) is 3.76. The zero-order valence-electron chi connectivity index (χ0n) is 12.2. The Labute approximate surface area is 124 Å². The molecule has 1 aliphatic heterocycles. The fraction of sp³-hybridized carbons (Fsp3) is 0.692. The molecule has 0 amide bonds.